The van der Waals surface area contributed by atoms with Crippen molar-refractivity contribution in [2.45, 2.75) is 19.4 Å². The molecule has 2 heterocycles. The lowest BCUT2D eigenvalue weighted by molar-refractivity contribution is -0.129. The van der Waals surface area contributed by atoms with Crippen LogP contribution in [0.15, 0.2) is 60.0 Å². The zero-order chi connectivity index (χ0) is 23.7. The fraction of sp³-hybridized carbons (Fsp3) is 0.240. The van der Waals surface area contributed by atoms with Crippen LogP contribution in [0.4, 0.5) is 0 Å². The molecule has 170 valence electrons. The van der Waals surface area contributed by atoms with Gasteiger partial charge in [0.1, 0.15) is 5.75 Å². The number of methoxy groups -OCH3 is 2. The summed E-state index contributed by atoms with van der Waals surface area (Å²) in [4.78, 5) is 41.7. The Hall–Kier alpha value is -4.07. The van der Waals surface area contributed by atoms with Gasteiger partial charge in [0.05, 0.1) is 31.4 Å². The molecular formula is C25H24N2O6. The molecular weight excluding hydrogens is 424 g/mol. The number of fused-ring (bicyclic) bond motifs is 1. The molecule has 0 unspecified atom stereocenters. The lowest BCUT2D eigenvalue weighted by Gasteiger charge is -2.26. The van der Waals surface area contributed by atoms with Gasteiger partial charge >= 0.3 is 5.97 Å². The number of nitrogens with zero attached hydrogens (tertiary/aromatic N) is 1. The first-order valence-electron chi connectivity index (χ1n) is 10.4. The highest BCUT2D eigenvalue weighted by molar-refractivity contribution is 6.08. The maximum absolute atomic E-state index is 12.9. The molecule has 1 aliphatic heterocycles. The highest BCUT2D eigenvalue weighted by Crippen LogP contribution is 2.38. The minimum absolute atomic E-state index is 0.0476. The van der Waals surface area contributed by atoms with Crippen molar-refractivity contribution < 1.29 is 29.0 Å². The maximum atomic E-state index is 12.9. The summed E-state index contributed by atoms with van der Waals surface area (Å²) in [5, 5.41) is 11.5. The predicted molar refractivity (Wildman–Crippen MR) is 121 cm³/mol. The van der Waals surface area contributed by atoms with Gasteiger partial charge in [0, 0.05) is 23.6 Å². The first-order chi connectivity index (χ1) is 15.8. The minimum atomic E-state index is -0.749. The van der Waals surface area contributed by atoms with Crippen LogP contribution in [0.2, 0.25) is 0 Å². The smallest absolute Gasteiger partial charge is 0.337 e. The van der Waals surface area contributed by atoms with Gasteiger partial charge in [-0.1, -0.05) is 12.1 Å². The topological polar surface area (TPSA) is 109 Å². The summed E-state index contributed by atoms with van der Waals surface area (Å²) in [7, 11) is 2.90. The van der Waals surface area contributed by atoms with E-state index in [9.17, 15) is 19.5 Å². The number of aliphatic hydroxyl groups excluding tert-OH is 1. The Labute approximate surface area is 190 Å². The molecule has 1 aliphatic rings. The fourth-order valence-corrected chi connectivity index (χ4v) is 4.24. The van der Waals surface area contributed by atoms with Crippen molar-refractivity contribution in [2.75, 3.05) is 20.8 Å². The Bertz CT molecular complexity index is 1270. The van der Waals surface area contributed by atoms with Crippen molar-refractivity contribution >= 4 is 28.6 Å². The maximum Gasteiger partial charge on any atom is 0.337 e. The molecule has 4 rings (SSSR count). The highest BCUT2D eigenvalue weighted by atomic mass is 16.5. The van der Waals surface area contributed by atoms with Gasteiger partial charge in [-0.2, -0.15) is 0 Å². The van der Waals surface area contributed by atoms with Crippen molar-refractivity contribution in [3.8, 4) is 5.75 Å². The number of carbonyl (C=O) groups is 3. The van der Waals surface area contributed by atoms with Gasteiger partial charge in [0.15, 0.2) is 11.5 Å². The second-order valence-electron chi connectivity index (χ2n) is 7.81. The number of ether oxygens (including phenoxy) is 2. The van der Waals surface area contributed by atoms with Gasteiger partial charge in [0.2, 0.25) is 0 Å². The number of esters is 1. The SMILES string of the molecule is COC(=O)c1ccc([C@@H]2C(C(C)=O)=C(O)C(=O)N2CCc2c[nH]c3ccc(OC)cc23)cc1. The van der Waals surface area contributed by atoms with Crippen LogP contribution in [0.3, 0.4) is 0 Å². The van der Waals surface area contributed by atoms with Crippen molar-refractivity contribution in [3.05, 3.63) is 76.7 Å². The Balaban J connectivity index is 1.65. The van der Waals surface area contributed by atoms with E-state index in [1.807, 2.05) is 24.4 Å². The van der Waals surface area contributed by atoms with Gasteiger partial charge in [-0.05, 0) is 54.8 Å². The van der Waals surface area contributed by atoms with Crippen molar-refractivity contribution in [3.63, 3.8) is 0 Å². The number of amides is 1. The van der Waals surface area contributed by atoms with Gasteiger partial charge < -0.3 is 24.5 Å². The predicted octanol–water partition coefficient (Wildman–Crippen LogP) is 3.49. The number of H-pyrrole nitrogens is 1. The monoisotopic (exact) mass is 448 g/mol. The Morgan fingerprint density at radius 1 is 1.12 bits per heavy atom. The molecule has 8 heteroatoms. The third-order valence-corrected chi connectivity index (χ3v) is 5.93. The van der Waals surface area contributed by atoms with Crippen molar-refractivity contribution in [1.82, 2.24) is 9.88 Å². The van der Waals surface area contributed by atoms with E-state index in [2.05, 4.69) is 4.98 Å². The molecule has 3 aromatic rings. The highest BCUT2D eigenvalue weighted by Gasteiger charge is 2.42. The molecule has 0 saturated heterocycles. The van der Waals surface area contributed by atoms with Gasteiger partial charge in [0.25, 0.3) is 5.91 Å². The summed E-state index contributed by atoms with van der Waals surface area (Å²) in [6, 6.07) is 11.4. The number of hydrogen-bond donors (Lipinski definition) is 2. The average Bonchev–Trinajstić information content (AvgIpc) is 3.35. The zero-order valence-corrected chi connectivity index (χ0v) is 18.5. The van der Waals surface area contributed by atoms with Crippen molar-refractivity contribution in [1.29, 1.82) is 0 Å². The lowest BCUT2D eigenvalue weighted by Crippen LogP contribution is -2.33. The van der Waals surface area contributed by atoms with E-state index in [1.54, 1.807) is 31.4 Å². The summed E-state index contributed by atoms with van der Waals surface area (Å²) in [5.74, 6) is -1.28. The second kappa shape index (κ2) is 8.82. The molecule has 1 amide bonds. The Kier molecular flexibility index (Phi) is 5.91. The molecule has 0 bridgehead atoms. The van der Waals surface area contributed by atoms with Crippen LogP contribution in [0, 0.1) is 0 Å². The first kappa shape index (κ1) is 22.1. The van der Waals surface area contributed by atoms with Crippen LogP contribution in [-0.2, 0) is 20.7 Å². The molecule has 33 heavy (non-hydrogen) atoms. The summed E-state index contributed by atoms with van der Waals surface area (Å²) in [5.41, 5.74) is 2.94. The number of aliphatic hydroxyl groups is 1. The summed E-state index contributed by atoms with van der Waals surface area (Å²) < 4.78 is 10.0. The fourth-order valence-electron chi connectivity index (χ4n) is 4.24. The molecule has 0 saturated carbocycles. The number of hydrogen-bond acceptors (Lipinski definition) is 6. The van der Waals surface area contributed by atoms with E-state index in [1.165, 1.54) is 18.9 Å². The normalized spacial score (nSPS) is 15.9. The third kappa shape index (κ3) is 3.95. The van der Waals surface area contributed by atoms with Crippen LogP contribution in [0.5, 0.6) is 5.75 Å². The summed E-state index contributed by atoms with van der Waals surface area (Å²) in [6.45, 7) is 1.59. The average molecular weight is 448 g/mol. The third-order valence-electron chi connectivity index (χ3n) is 5.93. The van der Waals surface area contributed by atoms with Gasteiger partial charge in [-0.15, -0.1) is 0 Å². The molecule has 8 nitrogen and oxygen atoms in total. The number of carbonyl (C=O) groups excluding carboxylic acids is 3. The number of nitrogens with one attached hydrogen (secondary N) is 1. The van der Waals surface area contributed by atoms with E-state index in [4.69, 9.17) is 9.47 Å². The van der Waals surface area contributed by atoms with Crippen molar-refractivity contribution in [2.24, 2.45) is 0 Å². The van der Waals surface area contributed by atoms with E-state index in [0.717, 1.165) is 22.2 Å². The van der Waals surface area contributed by atoms with Gasteiger partial charge in [-0.25, -0.2) is 4.79 Å². The van der Waals surface area contributed by atoms with Crippen LogP contribution >= 0.6 is 0 Å². The quantitative estimate of drug-likeness (QED) is 0.536. The van der Waals surface area contributed by atoms with Crippen LogP contribution in [0.25, 0.3) is 10.9 Å². The lowest BCUT2D eigenvalue weighted by atomic mass is 9.95. The van der Waals surface area contributed by atoms with Crippen LogP contribution < -0.4 is 4.74 Å². The molecule has 0 spiro atoms. The van der Waals surface area contributed by atoms with Crippen LogP contribution in [0.1, 0.15) is 34.5 Å². The first-order valence-corrected chi connectivity index (χ1v) is 10.4. The van der Waals surface area contributed by atoms with Gasteiger partial charge in [-0.3, -0.25) is 9.59 Å². The second-order valence-corrected chi connectivity index (χ2v) is 7.81. The number of ketones is 1. The summed E-state index contributed by atoms with van der Waals surface area (Å²) in [6.07, 6.45) is 2.37. The molecule has 0 fully saturated rings. The van der Waals surface area contributed by atoms with E-state index >= 15 is 0 Å². The standard InChI is InChI=1S/C25H24N2O6/c1-14(28)21-22(15-4-6-16(7-5-15)25(31)33-3)27(24(30)23(21)29)11-10-17-13-26-20-9-8-18(32-2)12-19(17)20/h4-9,12-13,22,26,29H,10-11H2,1-3H3/t22-/m1/s1. The Morgan fingerprint density at radius 2 is 1.85 bits per heavy atom. The molecule has 1 aromatic heterocycles. The number of aromatic amines is 1. The molecule has 0 radical (unpaired) electrons. The van der Waals surface area contributed by atoms with E-state index in [-0.39, 0.29) is 17.9 Å². The van der Waals surface area contributed by atoms with Crippen LogP contribution in [-0.4, -0.2) is 53.4 Å². The largest absolute Gasteiger partial charge is 0.503 e. The molecule has 2 N–H and O–H groups in total. The zero-order valence-electron chi connectivity index (χ0n) is 18.5. The number of rotatable bonds is 7. The Morgan fingerprint density at radius 3 is 2.48 bits per heavy atom. The minimum Gasteiger partial charge on any atom is -0.503 e. The number of Topliss-reactive ketones (excluding diaryl/α,β-unsaturated/α-hetero) is 1. The molecule has 2 aromatic carbocycles. The van der Waals surface area contributed by atoms with E-state index < -0.39 is 23.7 Å². The van der Waals surface area contributed by atoms with E-state index in [0.29, 0.717) is 17.5 Å². The number of benzene rings is 2. The molecule has 0 aliphatic carbocycles. The molecule has 1 atom stereocenters. The summed E-state index contributed by atoms with van der Waals surface area (Å²) >= 11 is 0. The number of aromatic nitrogens is 1.